The zero-order chi connectivity index (χ0) is 19.6. The fourth-order valence-corrected chi connectivity index (χ4v) is 3.90. The molecule has 0 bridgehead atoms. The van der Waals surface area contributed by atoms with Crippen molar-refractivity contribution < 1.29 is 0 Å². The molecular weight excluding hydrogens is 354 g/mol. The SMILES string of the molecule is Cc1[nH]c2nc3c(c(=O)n(Cc4cccc5ccccc45)c(=O)n3C)n2c1C. The number of aromatic amines is 1. The maximum absolute atomic E-state index is 13.4. The van der Waals surface area contributed by atoms with Gasteiger partial charge in [0.15, 0.2) is 11.2 Å². The van der Waals surface area contributed by atoms with Crippen molar-refractivity contribution in [3.05, 3.63) is 80.3 Å². The van der Waals surface area contributed by atoms with Gasteiger partial charge in [0.2, 0.25) is 5.78 Å². The van der Waals surface area contributed by atoms with E-state index >= 15 is 0 Å². The van der Waals surface area contributed by atoms with Crippen LogP contribution >= 0.6 is 0 Å². The maximum atomic E-state index is 13.4. The van der Waals surface area contributed by atoms with E-state index in [1.165, 1.54) is 9.13 Å². The third-order valence-corrected chi connectivity index (χ3v) is 5.53. The largest absolute Gasteiger partial charge is 0.332 e. The summed E-state index contributed by atoms with van der Waals surface area (Å²) in [6.45, 7) is 4.07. The minimum Gasteiger partial charge on any atom is -0.327 e. The number of nitrogens with zero attached hydrogens (tertiary/aromatic N) is 4. The molecule has 0 unspecified atom stereocenters. The maximum Gasteiger partial charge on any atom is 0.332 e. The number of nitrogens with one attached hydrogen (secondary N) is 1. The molecule has 3 aromatic heterocycles. The number of hydrogen-bond donors (Lipinski definition) is 1. The van der Waals surface area contributed by atoms with Crippen LogP contribution in [0.15, 0.2) is 52.1 Å². The van der Waals surface area contributed by atoms with E-state index in [4.69, 9.17) is 0 Å². The summed E-state index contributed by atoms with van der Waals surface area (Å²) in [7, 11) is 1.65. The van der Waals surface area contributed by atoms with E-state index in [1.54, 1.807) is 11.4 Å². The lowest BCUT2D eigenvalue weighted by Crippen LogP contribution is -2.39. The van der Waals surface area contributed by atoms with Crippen molar-refractivity contribution in [1.29, 1.82) is 0 Å². The number of hydrogen-bond acceptors (Lipinski definition) is 3. The number of H-pyrrole nitrogens is 1. The average Bonchev–Trinajstić information content (AvgIpc) is 3.20. The molecule has 5 rings (SSSR count). The molecule has 0 saturated heterocycles. The molecule has 0 aliphatic carbocycles. The minimum atomic E-state index is -0.374. The highest BCUT2D eigenvalue weighted by Crippen LogP contribution is 2.20. The van der Waals surface area contributed by atoms with E-state index < -0.39 is 0 Å². The Morgan fingerprint density at radius 3 is 2.61 bits per heavy atom. The number of aryl methyl sites for hydroxylation is 3. The van der Waals surface area contributed by atoms with Gasteiger partial charge in [0, 0.05) is 18.4 Å². The first-order valence-electron chi connectivity index (χ1n) is 9.11. The second kappa shape index (κ2) is 5.69. The fraction of sp³-hybridized carbons (Fsp3) is 0.190. The van der Waals surface area contributed by atoms with Gasteiger partial charge in [0.25, 0.3) is 5.56 Å². The minimum absolute atomic E-state index is 0.207. The zero-order valence-electron chi connectivity index (χ0n) is 15.9. The predicted octanol–water partition coefficient (Wildman–Crippen LogP) is 2.49. The second-order valence-electron chi connectivity index (χ2n) is 7.15. The molecule has 140 valence electrons. The van der Waals surface area contributed by atoms with Crippen LogP contribution < -0.4 is 11.2 Å². The van der Waals surface area contributed by atoms with E-state index in [0.717, 1.165) is 27.7 Å². The number of benzene rings is 2. The van der Waals surface area contributed by atoms with E-state index in [9.17, 15) is 9.59 Å². The van der Waals surface area contributed by atoms with E-state index in [1.807, 2.05) is 56.3 Å². The molecule has 7 nitrogen and oxygen atoms in total. The van der Waals surface area contributed by atoms with Gasteiger partial charge in [0.05, 0.1) is 6.54 Å². The summed E-state index contributed by atoms with van der Waals surface area (Å²) < 4.78 is 4.53. The Labute approximate surface area is 159 Å². The molecule has 0 aliphatic heterocycles. The topological polar surface area (TPSA) is 77.1 Å². The lowest BCUT2D eigenvalue weighted by molar-refractivity contribution is 0.658. The summed E-state index contributed by atoms with van der Waals surface area (Å²) in [5.74, 6) is 0.569. The molecule has 5 aromatic rings. The van der Waals surface area contributed by atoms with Crippen molar-refractivity contribution in [2.24, 2.45) is 7.05 Å². The van der Waals surface area contributed by atoms with Gasteiger partial charge in [-0.2, -0.15) is 4.98 Å². The summed E-state index contributed by atoms with van der Waals surface area (Å²) in [6, 6.07) is 13.9. The molecule has 0 radical (unpaired) electrons. The summed E-state index contributed by atoms with van der Waals surface area (Å²) in [6.07, 6.45) is 0. The van der Waals surface area contributed by atoms with Crippen molar-refractivity contribution >= 4 is 27.7 Å². The number of rotatable bonds is 2. The Bertz CT molecular complexity index is 1510. The van der Waals surface area contributed by atoms with Crippen LogP contribution in [0.2, 0.25) is 0 Å². The lowest BCUT2D eigenvalue weighted by Gasteiger charge is -2.10. The van der Waals surface area contributed by atoms with Crippen molar-refractivity contribution in [2.45, 2.75) is 20.4 Å². The molecule has 7 heteroatoms. The van der Waals surface area contributed by atoms with E-state index in [2.05, 4.69) is 9.97 Å². The third kappa shape index (κ3) is 2.13. The summed E-state index contributed by atoms with van der Waals surface area (Å²) in [5.41, 5.74) is 2.88. The molecule has 3 heterocycles. The van der Waals surface area contributed by atoms with Crippen LogP contribution in [0.25, 0.3) is 27.7 Å². The first kappa shape index (κ1) is 16.6. The van der Waals surface area contributed by atoms with E-state index in [0.29, 0.717) is 16.9 Å². The first-order valence-corrected chi connectivity index (χ1v) is 9.11. The lowest BCUT2D eigenvalue weighted by atomic mass is 10.0. The second-order valence-corrected chi connectivity index (χ2v) is 7.15. The summed E-state index contributed by atoms with van der Waals surface area (Å²) in [5, 5.41) is 2.11. The fourth-order valence-electron chi connectivity index (χ4n) is 3.90. The summed E-state index contributed by atoms with van der Waals surface area (Å²) >= 11 is 0. The van der Waals surface area contributed by atoms with Crippen LogP contribution in [0.5, 0.6) is 0 Å². The van der Waals surface area contributed by atoms with Gasteiger partial charge in [-0.25, -0.2) is 4.79 Å². The number of fused-ring (bicyclic) bond motifs is 4. The van der Waals surface area contributed by atoms with Crippen LogP contribution in [-0.4, -0.2) is 23.5 Å². The monoisotopic (exact) mass is 373 g/mol. The Morgan fingerprint density at radius 1 is 1.04 bits per heavy atom. The molecule has 0 amide bonds. The van der Waals surface area contributed by atoms with Crippen molar-refractivity contribution in [3.63, 3.8) is 0 Å². The molecule has 0 atom stereocenters. The van der Waals surface area contributed by atoms with Gasteiger partial charge in [-0.05, 0) is 30.2 Å². The number of imidazole rings is 2. The van der Waals surface area contributed by atoms with Crippen molar-refractivity contribution in [3.8, 4) is 0 Å². The van der Waals surface area contributed by atoms with E-state index in [-0.39, 0.29) is 17.8 Å². The third-order valence-electron chi connectivity index (χ3n) is 5.53. The molecule has 0 aliphatic rings. The normalized spacial score (nSPS) is 11.8. The Kier molecular flexibility index (Phi) is 3.37. The zero-order valence-corrected chi connectivity index (χ0v) is 15.9. The van der Waals surface area contributed by atoms with Crippen LogP contribution in [0, 0.1) is 13.8 Å². The Balaban J connectivity index is 1.83. The molecule has 1 N–H and O–H groups in total. The van der Waals surface area contributed by atoms with Crippen LogP contribution in [-0.2, 0) is 13.6 Å². The van der Waals surface area contributed by atoms with Crippen LogP contribution in [0.3, 0.4) is 0 Å². The highest BCUT2D eigenvalue weighted by atomic mass is 16.2. The van der Waals surface area contributed by atoms with Crippen LogP contribution in [0.1, 0.15) is 17.0 Å². The van der Waals surface area contributed by atoms with Crippen LogP contribution in [0.4, 0.5) is 0 Å². The number of aromatic nitrogens is 5. The van der Waals surface area contributed by atoms with Gasteiger partial charge in [-0.15, -0.1) is 0 Å². The molecule has 0 spiro atoms. The van der Waals surface area contributed by atoms with Crippen molar-refractivity contribution in [2.75, 3.05) is 0 Å². The molecule has 28 heavy (non-hydrogen) atoms. The molecule has 0 fully saturated rings. The van der Waals surface area contributed by atoms with Gasteiger partial charge in [0.1, 0.15) is 0 Å². The highest BCUT2D eigenvalue weighted by molar-refractivity contribution is 5.85. The predicted molar refractivity (Wildman–Crippen MR) is 109 cm³/mol. The highest BCUT2D eigenvalue weighted by Gasteiger charge is 2.20. The summed E-state index contributed by atoms with van der Waals surface area (Å²) in [4.78, 5) is 34.0. The molecule has 2 aromatic carbocycles. The van der Waals surface area contributed by atoms with Gasteiger partial charge in [-0.1, -0.05) is 42.5 Å². The first-order chi connectivity index (χ1) is 13.5. The van der Waals surface area contributed by atoms with Gasteiger partial charge in [-0.3, -0.25) is 18.3 Å². The quantitative estimate of drug-likeness (QED) is 0.516. The molecular formula is C21H19N5O2. The van der Waals surface area contributed by atoms with Gasteiger partial charge >= 0.3 is 5.69 Å². The van der Waals surface area contributed by atoms with Gasteiger partial charge < -0.3 is 4.98 Å². The van der Waals surface area contributed by atoms with Crippen molar-refractivity contribution in [1.82, 2.24) is 23.5 Å². The Morgan fingerprint density at radius 2 is 1.79 bits per heavy atom. The standard InChI is InChI=1S/C21H19N5O2/c1-12-13(2)26-17-18(23-20(26)22-12)24(3)21(28)25(19(17)27)11-15-9-6-8-14-7-4-5-10-16(14)15/h4-10H,11H2,1-3H3,(H,22,23). The molecule has 0 saturated carbocycles. The Hall–Kier alpha value is -3.61. The average molecular weight is 373 g/mol. The smallest absolute Gasteiger partial charge is 0.327 e.